The minimum Gasteiger partial charge on any atom is -0.445 e. The number of carbonyl (C=O) groups excluding carboxylic acids is 5. The van der Waals surface area contributed by atoms with E-state index in [0.717, 1.165) is 93.7 Å². The molecule has 100 heavy (non-hydrogen) atoms. The van der Waals surface area contributed by atoms with E-state index in [0.29, 0.717) is 55.3 Å². The van der Waals surface area contributed by atoms with Crippen molar-refractivity contribution in [3.8, 4) is 23.0 Å². The summed E-state index contributed by atoms with van der Waals surface area (Å²) in [4.78, 5) is 76.9. The van der Waals surface area contributed by atoms with Crippen molar-refractivity contribution in [1.82, 2.24) is 20.4 Å². The number of non-ortho nitro benzene ring substituents is 1. The number of nitrogens with one attached hydrogen (secondary N) is 2. The maximum absolute atomic E-state index is 13.0. The highest BCUT2D eigenvalue weighted by molar-refractivity contribution is 5.73. The van der Waals surface area contributed by atoms with Gasteiger partial charge in [-0.3, -0.25) is 10.1 Å². The van der Waals surface area contributed by atoms with Crippen LogP contribution in [0.15, 0.2) is 140 Å². The molecule has 19 heteroatoms. The average Bonchev–Trinajstić information content (AvgIpc) is 0.758. The number of nitro groups is 1. The zero-order valence-corrected chi connectivity index (χ0v) is 59.4. The lowest BCUT2D eigenvalue weighted by Gasteiger charge is -2.49. The number of nitrogens with zero attached hydrogens (tertiary/aromatic N) is 3. The zero-order valence-electron chi connectivity index (χ0n) is 59.4. The highest BCUT2D eigenvalue weighted by Gasteiger charge is 2.49. The van der Waals surface area contributed by atoms with Crippen molar-refractivity contribution >= 4 is 36.2 Å². The summed E-state index contributed by atoms with van der Waals surface area (Å²) in [6, 6.07) is 42.4. The fourth-order valence-corrected chi connectivity index (χ4v) is 16.7. The predicted octanol–water partition coefficient (Wildman–Crippen LogP) is 17.3. The van der Waals surface area contributed by atoms with E-state index in [1.165, 1.54) is 90.6 Å². The Hall–Kier alpha value is -8.97. The number of fused-ring (bicyclic) bond motifs is 12. The Kier molecular flexibility index (Phi) is 25.0. The first-order chi connectivity index (χ1) is 48.2. The van der Waals surface area contributed by atoms with Crippen LogP contribution in [0.25, 0.3) is 0 Å². The Morgan fingerprint density at radius 1 is 0.470 bits per heavy atom. The molecule has 6 aliphatic carbocycles. The molecule has 9 atom stereocenters. The Labute approximate surface area is 589 Å². The van der Waals surface area contributed by atoms with Crippen LogP contribution in [0.5, 0.6) is 23.0 Å². The third-order valence-electron chi connectivity index (χ3n) is 22.3. The largest absolute Gasteiger partial charge is 0.519 e. The second-order valence-corrected chi connectivity index (χ2v) is 28.6. The van der Waals surface area contributed by atoms with Gasteiger partial charge >= 0.3 is 30.5 Å². The summed E-state index contributed by atoms with van der Waals surface area (Å²) < 4.78 is 33.3. The first kappa shape index (κ1) is 73.7. The summed E-state index contributed by atoms with van der Waals surface area (Å²) in [5, 5.41) is 17.3. The summed E-state index contributed by atoms with van der Waals surface area (Å²) in [7, 11) is 0. The highest BCUT2D eigenvalue weighted by atomic mass is 16.7. The molecule has 0 aliphatic heterocycles. The monoisotopic (exact) mass is 1370 g/mol. The Balaban J connectivity index is 0.000000166. The van der Waals surface area contributed by atoms with Gasteiger partial charge in [0.05, 0.1) is 4.92 Å². The van der Waals surface area contributed by atoms with Gasteiger partial charge in [0.2, 0.25) is 0 Å². The number of nitrogens with two attached hydrogens (primary N) is 1. The van der Waals surface area contributed by atoms with E-state index in [1.807, 2.05) is 119 Å². The van der Waals surface area contributed by atoms with Gasteiger partial charge in [-0.05, 0) is 196 Å². The number of rotatable bonds is 15. The number of amides is 4. The third kappa shape index (κ3) is 17.8. The van der Waals surface area contributed by atoms with E-state index in [9.17, 15) is 34.1 Å². The van der Waals surface area contributed by atoms with E-state index in [-0.39, 0.29) is 83.2 Å². The van der Waals surface area contributed by atoms with Crippen molar-refractivity contribution in [2.24, 2.45) is 23.5 Å². The SMILES string of the molecule is CCN(CC)C(=O)Oc1ccc2c(c1)[C@@]1(C)CCCCC[C@@H](C2)[C@@H]1N.CCN(CC)C(=O)Oc1ccc2c(c1)[C@@]1(C)CCCCC[C@@H](C2)[C@@H]1NC(=O)OCc1ccccc1.C[C@@]12CCCCC[C@@H](Cc3ccc(OC(=O)Oc4ccc([N+](=O)[O-])cc4)cc31)[C@@H]2NC(=O)OCc1ccccc1. The number of hydrogen-bond donors (Lipinski definition) is 3. The van der Waals surface area contributed by atoms with Crippen LogP contribution in [-0.2, 0) is 58.2 Å². The van der Waals surface area contributed by atoms with Crippen LogP contribution in [0.2, 0.25) is 0 Å². The molecule has 6 aromatic rings. The number of hydrogen-bond acceptors (Lipinski definition) is 14. The Bertz CT molecular complexity index is 3770. The number of nitro benzene ring substituents is 1. The van der Waals surface area contributed by atoms with Crippen molar-refractivity contribution in [1.29, 1.82) is 0 Å². The van der Waals surface area contributed by atoms with Gasteiger partial charge < -0.3 is 54.6 Å². The number of carbonyl (C=O) groups is 5. The van der Waals surface area contributed by atoms with Gasteiger partial charge in [-0.25, -0.2) is 24.0 Å². The number of ether oxygens (including phenoxy) is 6. The Morgan fingerprint density at radius 3 is 1.24 bits per heavy atom. The standard InChI is InChI=1S/C31H32N2O7.C29H38N2O4.C21H32N2O2/c1-31-17-7-3-6-10-23(28(31)32-29(34)38-20-21-8-4-2-5-9-21)18-22-11-14-26(19-27(22)31)40-30(35)39-25-15-12-24(13-16-25)33(36)37;1-4-31(5-2)28(33)35-24-16-15-22-18-23-14-10-7-11-17-29(3,25(22)19-24)26(23)30-27(32)34-20-21-12-8-6-9-13-21;1-4-23(5-2)20(24)25-17-11-10-15-13-16-9-7-6-8-12-21(3,19(16)22)18(15)14-17/h2,4-5,8-9,11-16,19,23,28H,3,6-7,10,17-18,20H2,1H3,(H,32,34);6,8-9,12-13,15-16,19,23,26H,4-5,7,10-11,14,17-18,20H2,1-3H3,(H,30,32);10-11,14,16,19H,4-9,12-13,22H2,1-3H3/t23-,28-,31+;23-,26-,29+;16-,19-,21+/m000/s1. The van der Waals surface area contributed by atoms with Gasteiger partial charge in [0.1, 0.15) is 36.2 Å². The molecule has 4 N–H and O–H groups in total. The molecule has 12 rings (SSSR count). The van der Waals surface area contributed by atoms with Crippen LogP contribution < -0.4 is 35.3 Å². The van der Waals surface area contributed by atoms with Crippen LogP contribution in [0.1, 0.15) is 189 Å². The molecule has 0 aromatic heterocycles. The van der Waals surface area contributed by atoms with Gasteiger partial charge in [-0.1, -0.05) is 157 Å². The van der Waals surface area contributed by atoms with Crippen LogP contribution in [0.3, 0.4) is 0 Å². The van der Waals surface area contributed by atoms with Crippen molar-refractivity contribution in [3.63, 3.8) is 0 Å². The van der Waals surface area contributed by atoms with E-state index in [2.05, 4.69) is 49.6 Å². The maximum atomic E-state index is 13.0. The van der Waals surface area contributed by atoms with E-state index in [1.54, 1.807) is 15.9 Å². The normalized spacial score (nSPS) is 23.9. The van der Waals surface area contributed by atoms with Crippen LogP contribution in [0, 0.1) is 27.9 Å². The third-order valence-corrected chi connectivity index (χ3v) is 22.3. The van der Waals surface area contributed by atoms with E-state index < -0.39 is 17.2 Å². The van der Waals surface area contributed by atoms with Gasteiger partial charge in [0, 0.05) is 72.7 Å². The highest BCUT2D eigenvalue weighted by Crippen LogP contribution is 2.50. The van der Waals surface area contributed by atoms with Crippen molar-refractivity contribution < 1.29 is 57.3 Å². The van der Waals surface area contributed by atoms with Crippen molar-refractivity contribution in [2.45, 2.75) is 212 Å². The van der Waals surface area contributed by atoms with Gasteiger partial charge in [0.15, 0.2) is 0 Å². The van der Waals surface area contributed by atoms with Gasteiger partial charge in [0.25, 0.3) is 5.69 Å². The summed E-state index contributed by atoms with van der Waals surface area (Å²) in [6.07, 6.45) is 17.2. The van der Waals surface area contributed by atoms with Crippen LogP contribution in [-0.4, -0.2) is 89.6 Å². The van der Waals surface area contributed by atoms with Crippen LogP contribution >= 0.6 is 0 Å². The first-order valence-corrected chi connectivity index (χ1v) is 36.4. The summed E-state index contributed by atoms with van der Waals surface area (Å²) in [5.41, 5.74) is 15.2. The number of benzene rings is 6. The minimum absolute atomic E-state index is 0.0176. The quantitative estimate of drug-likeness (QED) is 0.0375. The van der Waals surface area contributed by atoms with Crippen molar-refractivity contribution in [3.05, 3.63) is 194 Å². The van der Waals surface area contributed by atoms with Gasteiger partial charge in [-0.15, -0.1) is 0 Å². The fourth-order valence-electron chi connectivity index (χ4n) is 16.7. The molecule has 19 nitrogen and oxygen atoms in total. The maximum Gasteiger partial charge on any atom is 0.519 e. The van der Waals surface area contributed by atoms with Crippen molar-refractivity contribution in [2.75, 3.05) is 26.2 Å². The Morgan fingerprint density at radius 2 is 0.830 bits per heavy atom. The molecule has 0 unspecified atom stereocenters. The molecular weight excluding hydrogens is 1260 g/mol. The molecule has 0 radical (unpaired) electrons. The van der Waals surface area contributed by atoms with Crippen LogP contribution in [0.4, 0.5) is 29.7 Å². The molecule has 3 fully saturated rings. The van der Waals surface area contributed by atoms with E-state index in [4.69, 9.17) is 34.2 Å². The lowest BCUT2D eigenvalue weighted by Crippen LogP contribution is -2.57. The summed E-state index contributed by atoms with van der Waals surface area (Å²) in [5.74, 6) is 2.86. The summed E-state index contributed by atoms with van der Waals surface area (Å²) in [6.45, 7) is 17.5. The molecule has 6 aromatic carbocycles. The molecule has 0 saturated heterocycles. The number of alkyl carbamates (subject to hydrolysis) is 2. The minimum atomic E-state index is -0.940. The molecule has 4 amide bonds. The molecular formula is C81H102N6O13. The lowest BCUT2D eigenvalue weighted by atomic mass is 9.59. The molecule has 6 aliphatic rings. The molecule has 0 spiro atoms. The lowest BCUT2D eigenvalue weighted by molar-refractivity contribution is -0.384. The second-order valence-electron chi connectivity index (χ2n) is 28.6. The van der Waals surface area contributed by atoms with Gasteiger partial charge in [-0.2, -0.15) is 0 Å². The average molecular weight is 1370 g/mol. The predicted molar refractivity (Wildman–Crippen MR) is 385 cm³/mol. The second kappa shape index (κ2) is 33.9. The molecule has 534 valence electrons. The fraction of sp³-hybridized carbons (Fsp3) is 0.494. The topological polar surface area (TPSA) is 240 Å². The first-order valence-electron chi connectivity index (χ1n) is 36.4. The molecule has 0 heterocycles. The zero-order chi connectivity index (χ0) is 71.0. The smallest absolute Gasteiger partial charge is 0.445 e. The summed E-state index contributed by atoms with van der Waals surface area (Å²) >= 11 is 0. The van der Waals surface area contributed by atoms with E-state index >= 15 is 0 Å². The molecule has 6 bridgehead atoms. The molecule has 3 saturated carbocycles.